The minimum absolute atomic E-state index is 0.171. The van der Waals surface area contributed by atoms with E-state index in [9.17, 15) is 15.3 Å². The molecule has 0 fully saturated rings. The van der Waals surface area contributed by atoms with Crippen LogP contribution in [-0.2, 0) is 0 Å². The quantitative estimate of drug-likeness (QED) is 0.388. The van der Waals surface area contributed by atoms with Crippen LogP contribution >= 0.6 is 0 Å². The Labute approximate surface area is 97.1 Å². The van der Waals surface area contributed by atoms with Gasteiger partial charge in [0, 0.05) is 12.0 Å². The monoisotopic (exact) mass is 235 g/mol. The first-order chi connectivity index (χ1) is 7.36. The number of rotatable bonds is 7. The normalized spacial score (nSPS) is 21.6. The van der Waals surface area contributed by atoms with E-state index in [0.29, 0.717) is 0 Å². The van der Waals surface area contributed by atoms with E-state index in [2.05, 4.69) is 5.32 Å². The van der Waals surface area contributed by atoms with Crippen molar-refractivity contribution in [3.05, 3.63) is 0 Å². The lowest BCUT2D eigenvalue weighted by Crippen LogP contribution is -2.53. The third kappa shape index (κ3) is 3.99. The average Bonchev–Trinajstić information content (AvgIpc) is 2.22. The maximum atomic E-state index is 9.88. The van der Waals surface area contributed by atoms with Gasteiger partial charge in [0.15, 0.2) is 0 Å². The van der Waals surface area contributed by atoms with Crippen molar-refractivity contribution in [1.82, 2.24) is 5.32 Å². The molecule has 0 aliphatic rings. The first kappa shape index (κ1) is 15.8. The van der Waals surface area contributed by atoms with Crippen LogP contribution in [0.25, 0.3) is 0 Å². The van der Waals surface area contributed by atoms with Crippen molar-refractivity contribution in [1.29, 1.82) is 0 Å². The molecule has 0 rings (SSSR count). The van der Waals surface area contributed by atoms with Crippen molar-refractivity contribution < 1.29 is 20.4 Å². The summed E-state index contributed by atoms with van der Waals surface area (Å²) in [5.41, 5.74) is 0. The van der Waals surface area contributed by atoms with Crippen molar-refractivity contribution in [3.8, 4) is 0 Å². The van der Waals surface area contributed by atoms with E-state index in [1.807, 2.05) is 13.8 Å². The molecule has 0 spiro atoms. The highest BCUT2D eigenvalue weighted by Crippen LogP contribution is 2.22. The van der Waals surface area contributed by atoms with Gasteiger partial charge in [-0.25, -0.2) is 0 Å². The summed E-state index contributed by atoms with van der Waals surface area (Å²) < 4.78 is 0. The lowest BCUT2D eigenvalue weighted by molar-refractivity contribution is -0.0813. The molecule has 0 saturated heterocycles. The van der Waals surface area contributed by atoms with Gasteiger partial charge >= 0.3 is 0 Å². The molecule has 0 amide bonds. The van der Waals surface area contributed by atoms with Crippen LogP contribution in [0.5, 0.6) is 0 Å². The highest BCUT2D eigenvalue weighted by Gasteiger charge is 2.36. The van der Waals surface area contributed by atoms with E-state index in [0.717, 1.165) is 0 Å². The van der Waals surface area contributed by atoms with E-state index in [1.54, 1.807) is 7.05 Å². The van der Waals surface area contributed by atoms with Gasteiger partial charge in [-0.05, 0) is 19.9 Å². The molecule has 98 valence electrons. The average molecular weight is 235 g/mol. The lowest BCUT2D eigenvalue weighted by Gasteiger charge is -2.37. The molecular weight excluding hydrogens is 210 g/mol. The molecule has 0 aliphatic carbocycles. The van der Waals surface area contributed by atoms with Gasteiger partial charge < -0.3 is 25.7 Å². The predicted molar refractivity (Wildman–Crippen MR) is 62.0 cm³/mol. The molecule has 4 unspecified atom stereocenters. The van der Waals surface area contributed by atoms with Crippen LogP contribution in [0.15, 0.2) is 0 Å². The number of hydrogen-bond acceptors (Lipinski definition) is 5. The molecule has 0 aromatic rings. The first-order valence-corrected chi connectivity index (χ1v) is 5.69. The molecule has 0 heterocycles. The van der Waals surface area contributed by atoms with Crippen LogP contribution in [-0.4, -0.2) is 58.4 Å². The Morgan fingerprint density at radius 2 is 1.56 bits per heavy atom. The van der Waals surface area contributed by atoms with Gasteiger partial charge in [0.2, 0.25) is 0 Å². The largest absolute Gasteiger partial charge is 0.394 e. The summed E-state index contributed by atoms with van der Waals surface area (Å²) in [7, 11) is 1.73. The summed E-state index contributed by atoms with van der Waals surface area (Å²) in [6, 6.07) is -0.174. The van der Waals surface area contributed by atoms with E-state index in [4.69, 9.17) is 5.11 Å². The SMILES string of the molecule is CNC(C(C)C)C(C(O)C(C)O)[C@@H](O)CO. The summed E-state index contributed by atoms with van der Waals surface area (Å²) >= 11 is 0. The van der Waals surface area contributed by atoms with Gasteiger partial charge in [-0.15, -0.1) is 0 Å². The minimum atomic E-state index is -1.07. The Morgan fingerprint density at radius 3 is 1.81 bits per heavy atom. The van der Waals surface area contributed by atoms with E-state index >= 15 is 0 Å². The van der Waals surface area contributed by atoms with Gasteiger partial charge in [0.05, 0.1) is 24.9 Å². The van der Waals surface area contributed by atoms with Crippen LogP contribution < -0.4 is 5.32 Å². The number of aliphatic hydroxyl groups excluding tert-OH is 4. The van der Waals surface area contributed by atoms with Gasteiger partial charge in [-0.3, -0.25) is 0 Å². The first-order valence-electron chi connectivity index (χ1n) is 5.69. The molecule has 5 N–H and O–H groups in total. The number of hydrogen-bond donors (Lipinski definition) is 5. The second-order valence-corrected chi connectivity index (χ2v) is 4.62. The Morgan fingerprint density at radius 1 is 1.06 bits per heavy atom. The van der Waals surface area contributed by atoms with Crippen molar-refractivity contribution in [2.75, 3.05) is 13.7 Å². The lowest BCUT2D eigenvalue weighted by atomic mass is 9.81. The zero-order valence-corrected chi connectivity index (χ0v) is 10.5. The van der Waals surface area contributed by atoms with E-state index in [1.165, 1.54) is 6.92 Å². The van der Waals surface area contributed by atoms with E-state index in [-0.39, 0.29) is 12.0 Å². The molecule has 5 nitrogen and oxygen atoms in total. The third-order valence-corrected chi connectivity index (χ3v) is 2.99. The maximum absolute atomic E-state index is 9.88. The second-order valence-electron chi connectivity index (χ2n) is 4.62. The van der Waals surface area contributed by atoms with Crippen molar-refractivity contribution in [3.63, 3.8) is 0 Å². The molecule has 5 heteroatoms. The van der Waals surface area contributed by atoms with Crippen molar-refractivity contribution in [2.45, 2.75) is 45.1 Å². The smallest absolute Gasteiger partial charge is 0.0865 e. The third-order valence-electron chi connectivity index (χ3n) is 2.99. The highest BCUT2D eigenvalue weighted by atomic mass is 16.3. The molecule has 5 atom stereocenters. The zero-order valence-electron chi connectivity index (χ0n) is 10.5. The molecule has 0 aromatic heterocycles. The molecule has 0 saturated carbocycles. The molecule has 16 heavy (non-hydrogen) atoms. The summed E-state index contributed by atoms with van der Waals surface area (Å²) in [4.78, 5) is 0. The molecule has 0 aromatic carbocycles. The second kappa shape index (κ2) is 7.19. The van der Waals surface area contributed by atoms with Crippen LogP contribution in [0.4, 0.5) is 0 Å². The Hall–Kier alpha value is -0.200. The van der Waals surface area contributed by atoms with Crippen molar-refractivity contribution >= 4 is 0 Å². The summed E-state index contributed by atoms with van der Waals surface area (Å²) in [6.45, 7) is 4.94. The maximum Gasteiger partial charge on any atom is 0.0865 e. The van der Waals surface area contributed by atoms with E-state index < -0.39 is 30.8 Å². The van der Waals surface area contributed by atoms with Crippen LogP contribution in [0.3, 0.4) is 0 Å². The van der Waals surface area contributed by atoms with Gasteiger partial charge in [0.25, 0.3) is 0 Å². The fourth-order valence-corrected chi connectivity index (χ4v) is 2.09. The molecular formula is C11H25NO4. The zero-order chi connectivity index (χ0) is 12.9. The number of aliphatic hydroxyl groups is 4. The van der Waals surface area contributed by atoms with Crippen LogP contribution in [0.1, 0.15) is 20.8 Å². The minimum Gasteiger partial charge on any atom is -0.394 e. The topological polar surface area (TPSA) is 93.0 Å². The Bertz CT molecular complexity index is 187. The standard InChI is InChI=1S/C11H25NO4/c1-6(2)10(12-4)9(8(15)5-13)11(16)7(3)14/h6-16H,5H2,1-4H3/t7?,8-,9?,10?,11?/m0/s1. The molecule has 0 bridgehead atoms. The van der Waals surface area contributed by atoms with Gasteiger partial charge in [0.1, 0.15) is 0 Å². The fraction of sp³-hybridized carbons (Fsp3) is 1.00. The summed E-state index contributed by atoms with van der Waals surface area (Å²) in [6.07, 6.45) is -3.06. The Kier molecular flexibility index (Phi) is 7.10. The highest BCUT2D eigenvalue weighted by molar-refractivity contribution is 4.89. The Balaban J connectivity index is 4.90. The van der Waals surface area contributed by atoms with Crippen molar-refractivity contribution in [2.24, 2.45) is 11.8 Å². The van der Waals surface area contributed by atoms with Crippen LogP contribution in [0, 0.1) is 11.8 Å². The molecule has 0 aliphatic heterocycles. The fourth-order valence-electron chi connectivity index (χ4n) is 2.09. The summed E-state index contributed by atoms with van der Waals surface area (Å²) in [5.74, 6) is -0.431. The van der Waals surface area contributed by atoms with Crippen LogP contribution in [0.2, 0.25) is 0 Å². The summed E-state index contributed by atoms with van der Waals surface area (Å²) in [5, 5.41) is 41.0. The van der Waals surface area contributed by atoms with Gasteiger partial charge in [-0.1, -0.05) is 13.8 Å². The molecule has 0 radical (unpaired) electrons. The van der Waals surface area contributed by atoms with Gasteiger partial charge in [-0.2, -0.15) is 0 Å². The predicted octanol–water partition coefficient (Wildman–Crippen LogP) is -1.06. The number of nitrogens with one attached hydrogen (secondary N) is 1.